The van der Waals surface area contributed by atoms with Crippen LogP contribution in [0.5, 0.6) is 11.5 Å². The Morgan fingerprint density at radius 2 is 2.12 bits per heavy atom. The molecule has 0 aliphatic rings. The van der Waals surface area contributed by atoms with Crippen LogP contribution in [0.4, 0.5) is 0 Å². The summed E-state index contributed by atoms with van der Waals surface area (Å²) in [6.07, 6.45) is 0.750. The predicted octanol–water partition coefficient (Wildman–Crippen LogP) is 2.45. The van der Waals surface area contributed by atoms with Crippen molar-refractivity contribution in [1.82, 2.24) is 0 Å². The molecule has 0 bridgehead atoms. The van der Waals surface area contributed by atoms with Gasteiger partial charge in [-0.25, -0.2) is 10.1 Å². The lowest BCUT2D eigenvalue weighted by atomic mass is 10.1. The maximum absolute atomic E-state index is 11.6. The Balaban J connectivity index is 2.72. The van der Waals surface area contributed by atoms with Crippen molar-refractivity contribution in [3.8, 4) is 11.5 Å². The van der Waals surface area contributed by atoms with Crippen LogP contribution in [0.15, 0.2) is 18.2 Å². The molecule has 0 heterocycles. The Bertz CT molecular complexity index is 386. The van der Waals surface area contributed by atoms with Crippen LogP contribution in [-0.4, -0.2) is 22.9 Å². The Morgan fingerprint density at radius 3 is 2.71 bits per heavy atom. The molecule has 1 aromatic carbocycles. The van der Waals surface area contributed by atoms with Gasteiger partial charge in [-0.2, -0.15) is 0 Å². The number of phenolic OH excluding ortho intramolecular Hbond substituents is 1. The monoisotopic (exact) mass is 240 g/mol. The third-order valence-electron chi connectivity index (χ3n) is 2.23. The lowest BCUT2D eigenvalue weighted by Gasteiger charge is -2.09. The van der Waals surface area contributed by atoms with Gasteiger partial charge >= 0.3 is 5.97 Å². The van der Waals surface area contributed by atoms with Crippen molar-refractivity contribution in [1.29, 1.82) is 0 Å². The molecule has 0 unspecified atom stereocenters. The van der Waals surface area contributed by atoms with Gasteiger partial charge in [0.2, 0.25) is 5.75 Å². The Morgan fingerprint density at radius 1 is 1.41 bits per heavy atom. The van der Waals surface area contributed by atoms with E-state index in [0.717, 1.165) is 6.42 Å². The van der Waals surface area contributed by atoms with Gasteiger partial charge in [-0.15, -0.1) is 0 Å². The van der Waals surface area contributed by atoms with E-state index in [9.17, 15) is 9.90 Å². The lowest BCUT2D eigenvalue weighted by Crippen LogP contribution is -2.09. The number of rotatable bonds is 5. The van der Waals surface area contributed by atoms with E-state index >= 15 is 0 Å². The molecule has 2 N–H and O–H groups in total. The SMILES string of the molecule is CC(C)CCOC(=O)c1cccc(O)c1OO. The number of benzene rings is 1. The van der Waals surface area contributed by atoms with Gasteiger partial charge in [0.25, 0.3) is 0 Å². The highest BCUT2D eigenvalue weighted by Crippen LogP contribution is 2.29. The summed E-state index contributed by atoms with van der Waals surface area (Å²) >= 11 is 0. The van der Waals surface area contributed by atoms with E-state index in [0.29, 0.717) is 5.92 Å². The molecule has 5 heteroatoms. The zero-order valence-electron chi connectivity index (χ0n) is 9.84. The first-order valence-corrected chi connectivity index (χ1v) is 5.36. The number of esters is 1. The Hall–Kier alpha value is -1.75. The summed E-state index contributed by atoms with van der Waals surface area (Å²) in [4.78, 5) is 15.6. The highest BCUT2D eigenvalue weighted by molar-refractivity contribution is 5.93. The fourth-order valence-corrected chi connectivity index (χ4v) is 1.25. The van der Waals surface area contributed by atoms with Gasteiger partial charge in [0.05, 0.1) is 6.61 Å². The van der Waals surface area contributed by atoms with Crippen LogP contribution in [0.25, 0.3) is 0 Å². The molecule has 5 nitrogen and oxygen atoms in total. The minimum Gasteiger partial charge on any atom is -0.504 e. The Labute approximate surface area is 99.5 Å². The van der Waals surface area contributed by atoms with Crippen molar-refractivity contribution < 1.29 is 24.8 Å². The summed E-state index contributed by atoms with van der Waals surface area (Å²) in [6.45, 7) is 4.33. The van der Waals surface area contributed by atoms with E-state index in [1.165, 1.54) is 18.2 Å². The zero-order valence-corrected chi connectivity index (χ0v) is 9.84. The van der Waals surface area contributed by atoms with Crippen LogP contribution in [0.1, 0.15) is 30.6 Å². The molecule has 0 saturated carbocycles. The highest BCUT2D eigenvalue weighted by Gasteiger charge is 2.17. The molecule has 0 aliphatic heterocycles. The van der Waals surface area contributed by atoms with E-state index in [2.05, 4.69) is 4.89 Å². The second kappa shape index (κ2) is 6.10. The number of para-hydroxylation sites is 1. The summed E-state index contributed by atoms with van der Waals surface area (Å²) in [5, 5.41) is 18.0. The average Bonchev–Trinajstić information content (AvgIpc) is 2.28. The van der Waals surface area contributed by atoms with Crippen LogP contribution >= 0.6 is 0 Å². The van der Waals surface area contributed by atoms with E-state index in [1.807, 2.05) is 13.8 Å². The van der Waals surface area contributed by atoms with Crippen LogP contribution in [0.2, 0.25) is 0 Å². The number of ether oxygens (including phenoxy) is 1. The van der Waals surface area contributed by atoms with Crippen LogP contribution in [0, 0.1) is 5.92 Å². The van der Waals surface area contributed by atoms with Gasteiger partial charge in [-0.1, -0.05) is 19.9 Å². The molecular formula is C12H16O5. The topological polar surface area (TPSA) is 76.0 Å². The first kappa shape index (κ1) is 13.3. The molecule has 0 radical (unpaired) electrons. The minimum absolute atomic E-state index is 0.00347. The normalized spacial score (nSPS) is 10.4. The standard InChI is InChI=1S/C12H16O5/c1-8(2)6-7-16-12(14)9-4-3-5-10(13)11(9)17-15/h3-5,8,13,15H,6-7H2,1-2H3. The summed E-state index contributed by atoms with van der Waals surface area (Å²) in [5.74, 6) is -0.806. The van der Waals surface area contributed by atoms with Gasteiger partial charge in [0.1, 0.15) is 5.56 Å². The maximum Gasteiger partial charge on any atom is 0.342 e. The van der Waals surface area contributed by atoms with Crippen molar-refractivity contribution >= 4 is 5.97 Å². The molecule has 1 rings (SSSR count). The van der Waals surface area contributed by atoms with E-state index in [-0.39, 0.29) is 23.7 Å². The molecule has 0 spiro atoms. The first-order chi connectivity index (χ1) is 8.06. The smallest absolute Gasteiger partial charge is 0.342 e. The van der Waals surface area contributed by atoms with Gasteiger partial charge in [0.15, 0.2) is 5.75 Å². The summed E-state index contributed by atoms with van der Waals surface area (Å²) in [5.41, 5.74) is -0.00347. The van der Waals surface area contributed by atoms with E-state index in [4.69, 9.17) is 9.99 Å². The highest BCUT2D eigenvalue weighted by atomic mass is 17.1. The molecule has 94 valence electrons. The Kier molecular flexibility index (Phi) is 4.78. The summed E-state index contributed by atoms with van der Waals surface area (Å²) in [6, 6.07) is 4.18. The third-order valence-corrected chi connectivity index (χ3v) is 2.23. The van der Waals surface area contributed by atoms with Crippen molar-refractivity contribution in [3.05, 3.63) is 23.8 Å². The molecular weight excluding hydrogens is 224 g/mol. The maximum atomic E-state index is 11.6. The quantitative estimate of drug-likeness (QED) is 0.469. The van der Waals surface area contributed by atoms with Crippen LogP contribution in [-0.2, 0) is 4.74 Å². The summed E-state index contributed by atoms with van der Waals surface area (Å²) in [7, 11) is 0. The van der Waals surface area contributed by atoms with Gasteiger partial charge < -0.3 is 14.7 Å². The number of hydrogen-bond donors (Lipinski definition) is 2. The van der Waals surface area contributed by atoms with Crippen molar-refractivity contribution in [3.63, 3.8) is 0 Å². The third kappa shape index (κ3) is 3.64. The average molecular weight is 240 g/mol. The molecule has 0 saturated heterocycles. The first-order valence-electron chi connectivity index (χ1n) is 5.36. The van der Waals surface area contributed by atoms with E-state index < -0.39 is 5.97 Å². The molecule has 0 fully saturated rings. The van der Waals surface area contributed by atoms with Gasteiger partial charge in [-0.05, 0) is 24.5 Å². The zero-order chi connectivity index (χ0) is 12.8. The number of hydrogen-bond acceptors (Lipinski definition) is 5. The van der Waals surface area contributed by atoms with Crippen molar-refractivity contribution in [2.75, 3.05) is 6.61 Å². The van der Waals surface area contributed by atoms with Crippen LogP contribution in [0.3, 0.4) is 0 Å². The number of aromatic hydroxyl groups is 1. The number of carbonyl (C=O) groups excluding carboxylic acids is 1. The van der Waals surface area contributed by atoms with Crippen molar-refractivity contribution in [2.45, 2.75) is 20.3 Å². The summed E-state index contributed by atoms with van der Waals surface area (Å²) < 4.78 is 5.00. The second-order valence-electron chi connectivity index (χ2n) is 4.06. The molecule has 1 aromatic rings. The lowest BCUT2D eigenvalue weighted by molar-refractivity contribution is -0.139. The fraction of sp³-hybridized carbons (Fsp3) is 0.417. The molecule has 0 atom stereocenters. The molecule has 17 heavy (non-hydrogen) atoms. The number of carbonyl (C=O) groups is 1. The minimum atomic E-state index is -0.634. The van der Waals surface area contributed by atoms with Crippen molar-refractivity contribution in [2.24, 2.45) is 5.92 Å². The van der Waals surface area contributed by atoms with Crippen LogP contribution < -0.4 is 4.89 Å². The second-order valence-corrected chi connectivity index (χ2v) is 4.06. The molecule has 0 amide bonds. The molecule has 0 aliphatic carbocycles. The molecule has 0 aromatic heterocycles. The van der Waals surface area contributed by atoms with Gasteiger partial charge in [-0.3, -0.25) is 0 Å². The predicted molar refractivity (Wildman–Crippen MR) is 61.1 cm³/mol. The fourth-order valence-electron chi connectivity index (χ4n) is 1.25. The van der Waals surface area contributed by atoms with E-state index in [1.54, 1.807) is 0 Å². The number of phenols is 1. The largest absolute Gasteiger partial charge is 0.504 e. The van der Waals surface area contributed by atoms with Gasteiger partial charge in [0, 0.05) is 0 Å².